The van der Waals surface area contributed by atoms with Crippen molar-refractivity contribution in [2.24, 2.45) is 5.92 Å². The van der Waals surface area contributed by atoms with Gasteiger partial charge in [0.25, 0.3) is 0 Å². The fourth-order valence-corrected chi connectivity index (χ4v) is 1.66. The number of hydrogen-bond donors (Lipinski definition) is 3. The van der Waals surface area contributed by atoms with Crippen molar-refractivity contribution < 1.29 is 19.7 Å². The summed E-state index contributed by atoms with van der Waals surface area (Å²) in [5.74, 6) is 0.470. The summed E-state index contributed by atoms with van der Waals surface area (Å²) in [7, 11) is 1.62. The summed E-state index contributed by atoms with van der Waals surface area (Å²) in [6, 6.07) is 0. The molecule has 5 heteroatoms. The second-order valence-electron chi connectivity index (χ2n) is 4.82. The second kappa shape index (κ2) is 8.00. The van der Waals surface area contributed by atoms with E-state index in [4.69, 9.17) is 9.47 Å². The van der Waals surface area contributed by atoms with Crippen molar-refractivity contribution in [3.63, 3.8) is 0 Å². The molecule has 3 atom stereocenters. The van der Waals surface area contributed by atoms with E-state index >= 15 is 0 Å². The first-order chi connectivity index (χ1) is 8.13. The molecule has 3 N–H and O–H groups in total. The van der Waals surface area contributed by atoms with E-state index in [1.165, 1.54) is 0 Å². The number of ether oxygens (including phenoxy) is 2. The van der Waals surface area contributed by atoms with Crippen molar-refractivity contribution in [1.29, 1.82) is 0 Å². The van der Waals surface area contributed by atoms with Gasteiger partial charge in [0.2, 0.25) is 0 Å². The van der Waals surface area contributed by atoms with Crippen molar-refractivity contribution in [3.05, 3.63) is 0 Å². The van der Waals surface area contributed by atoms with E-state index in [9.17, 15) is 10.2 Å². The molecule has 1 aliphatic carbocycles. The van der Waals surface area contributed by atoms with Crippen molar-refractivity contribution in [1.82, 2.24) is 5.32 Å². The Bertz CT molecular complexity index is 199. The van der Waals surface area contributed by atoms with Gasteiger partial charge in [-0.25, -0.2) is 0 Å². The summed E-state index contributed by atoms with van der Waals surface area (Å²) in [5.41, 5.74) is 0. The maximum atomic E-state index is 9.62. The van der Waals surface area contributed by atoms with Crippen LogP contribution in [-0.4, -0.2) is 61.9 Å². The lowest BCUT2D eigenvalue weighted by Crippen LogP contribution is -2.36. The van der Waals surface area contributed by atoms with Crippen LogP contribution in [0, 0.1) is 5.92 Å². The van der Waals surface area contributed by atoms with Gasteiger partial charge in [-0.3, -0.25) is 0 Å². The van der Waals surface area contributed by atoms with Crippen LogP contribution in [0.25, 0.3) is 0 Å². The summed E-state index contributed by atoms with van der Waals surface area (Å²) in [5, 5.41) is 22.3. The molecule has 5 nitrogen and oxygen atoms in total. The first-order valence-corrected chi connectivity index (χ1v) is 6.30. The predicted octanol–water partition coefficient (Wildman–Crippen LogP) is -0.241. The number of methoxy groups -OCH3 is 1. The monoisotopic (exact) mass is 247 g/mol. The third-order valence-corrected chi connectivity index (χ3v) is 2.87. The zero-order valence-corrected chi connectivity index (χ0v) is 10.8. The molecule has 102 valence electrons. The van der Waals surface area contributed by atoms with Gasteiger partial charge in [-0.1, -0.05) is 0 Å². The first-order valence-electron chi connectivity index (χ1n) is 6.30. The minimum atomic E-state index is -0.541. The van der Waals surface area contributed by atoms with Crippen LogP contribution in [0.2, 0.25) is 0 Å². The van der Waals surface area contributed by atoms with E-state index in [2.05, 4.69) is 5.32 Å². The van der Waals surface area contributed by atoms with E-state index < -0.39 is 6.10 Å². The van der Waals surface area contributed by atoms with Crippen molar-refractivity contribution in [2.75, 3.05) is 33.4 Å². The zero-order valence-electron chi connectivity index (χ0n) is 10.8. The summed E-state index contributed by atoms with van der Waals surface area (Å²) < 4.78 is 10.3. The van der Waals surface area contributed by atoms with Crippen LogP contribution in [0.3, 0.4) is 0 Å². The molecule has 0 saturated heterocycles. The number of aliphatic hydroxyl groups is 2. The van der Waals surface area contributed by atoms with Gasteiger partial charge < -0.3 is 25.0 Å². The Morgan fingerprint density at radius 1 is 1.24 bits per heavy atom. The lowest BCUT2D eigenvalue weighted by atomic mass is 10.2. The standard InChI is InChI=1S/C12H25NO4/c1-9(7-16-2)17-8-11(14)5-13-6-12(15)10-3-4-10/h9-15H,3-8H2,1-2H3. The maximum absolute atomic E-state index is 9.62. The second-order valence-corrected chi connectivity index (χ2v) is 4.82. The van der Waals surface area contributed by atoms with E-state index in [1.807, 2.05) is 6.92 Å². The lowest BCUT2D eigenvalue weighted by molar-refractivity contribution is -0.0315. The molecule has 3 unspecified atom stereocenters. The first kappa shape index (κ1) is 14.9. The molecule has 0 aliphatic heterocycles. The topological polar surface area (TPSA) is 71.0 Å². The molecule has 17 heavy (non-hydrogen) atoms. The zero-order chi connectivity index (χ0) is 12.7. The van der Waals surface area contributed by atoms with Crippen LogP contribution in [0.1, 0.15) is 19.8 Å². The molecular formula is C12H25NO4. The molecule has 0 amide bonds. The third-order valence-electron chi connectivity index (χ3n) is 2.87. The third kappa shape index (κ3) is 6.95. The number of aliphatic hydroxyl groups excluding tert-OH is 2. The van der Waals surface area contributed by atoms with Crippen LogP contribution in [0.5, 0.6) is 0 Å². The number of rotatable bonds is 10. The minimum absolute atomic E-state index is 0.00768. The van der Waals surface area contributed by atoms with Crippen LogP contribution >= 0.6 is 0 Å². The molecule has 0 heterocycles. The Morgan fingerprint density at radius 3 is 2.53 bits per heavy atom. The van der Waals surface area contributed by atoms with E-state index in [0.717, 1.165) is 12.8 Å². The van der Waals surface area contributed by atoms with Crippen LogP contribution in [0.4, 0.5) is 0 Å². The van der Waals surface area contributed by atoms with Crippen molar-refractivity contribution in [2.45, 2.75) is 38.1 Å². The molecule has 0 bridgehead atoms. The SMILES string of the molecule is COCC(C)OCC(O)CNCC(O)C1CC1. The van der Waals surface area contributed by atoms with Gasteiger partial charge in [0, 0.05) is 20.2 Å². The van der Waals surface area contributed by atoms with Crippen LogP contribution in [0.15, 0.2) is 0 Å². The Balaban J connectivity index is 1.94. The molecule has 1 fully saturated rings. The highest BCUT2D eigenvalue weighted by atomic mass is 16.5. The summed E-state index contributed by atoms with van der Waals surface area (Å²) in [6.45, 7) is 3.72. The Labute approximate surface area is 103 Å². The molecule has 0 aromatic carbocycles. The Morgan fingerprint density at radius 2 is 1.94 bits per heavy atom. The highest BCUT2D eigenvalue weighted by Gasteiger charge is 2.29. The molecule has 0 aromatic rings. The molecule has 0 aromatic heterocycles. The van der Waals surface area contributed by atoms with Gasteiger partial charge in [-0.2, -0.15) is 0 Å². The van der Waals surface area contributed by atoms with Gasteiger partial charge in [-0.05, 0) is 25.7 Å². The largest absolute Gasteiger partial charge is 0.392 e. The van der Waals surface area contributed by atoms with Gasteiger partial charge in [0.05, 0.1) is 31.5 Å². The maximum Gasteiger partial charge on any atom is 0.0897 e. The van der Waals surface area contributed by atoms with Crippen molar-refractivity contribution in [3.8, 4) is 0 Å². The highest BCUT2D eigenvalue weighted by Crippen LogP contribution is 2.32. The molecule has 1 saturated carbocycles. The number of hydrogen-bond acceptors (Lipinski definition) is 5. The highest BCUT2D eigenvalue weighted by molar-refractivity contribution is 4.82. The Hall–Kier alpha value is -0.200. The van der Waals surface area contributed by atoms with E-state index in [0.29, 0.717) is 25.6 Å². The quantitative estimate of drug-likeness (QED) is 0.497. The molecular weight excluding hydrogens is 222 g/mol. The van der Waals surface area contributed by atoms with Crippen molar-refractivity contribution >= 4 is 0 Å². The van der Waals surface area contributed by atoms with Crippen LogP contribution < -0.4 is 5.32 Å². The van der Waals surface area contributed by atoms with Gasteiger partial charge in [0.1, 0.15) is 0 Å². The van der Waals surface area contributed by atoms with E-state index in [1.54, 1.807) is 7.11 Å². The minimum Gasteiger partial charge on any atom is -0.392 e. The molecule has 0 spiro atoms. The van der Waals surface area contributed by atoms with Gasteiger partial charge in [-0.15, -0.1) is 0 Å². The average Bonchev–Trinajstić information content (AvgIpc) is 3.10. The molecule has 1 aliphatic rings. The summed E-state index contributed by atoms with van der Waals surface area (Å²) >= 11 is 0. The molecule has 0 radical (unpaired) electrons. The fourth-order valence-electron chi connectivity index (χ4n) is 1.66. The smallest absolute Gasteiger partial charge is 0.0897 e. The summed E-state index contributed by atoms with van der Waals surface area (Å²) in [6.07, 6.45) is 1.44. The summed E-state index contributed by atoms with van der Waals surface area (Å²) in [4.78, 5) is 0. The van der Waals surface area contributed by atoms with Gasteiger partial charge in [0.15, 0.2) is 0 Å². The average molecular weight is 247 g/mol. The lowest BCUT2D eigenvalue weighted by Gasteiger charge is -2.17. The van der Waals surface area contributed by atoms with Crippen LogP contribution in [-0.2, 0) is 9.47 Å². The Kier molecular flexibility index (Phi) is 6.99. The number of nitrogens with one attached hydrogen (secondary N) is 1. The predicted molar refractivity (Wildman–Crippen MR) is 64.9 cm³/mol. The fraction of sp³-hybridized carbons (Fsp3) is 1.00. The normalized spacial score (nSPS) is 21.2. The molecule has 1 rings (SSSR count). The van der Waals surface area contributed by atoms with E-state index in [-0.39, 0.29) is 18.8 Å². The van der Waals surface area contributed by atoms with Gasteiger partial charge >= 0.3 is 0 Å².